The average molecular weight is 313 g/mol. The smallest absolute Gasteiger partial charge is 0.281 e. The van der Waals surface area contributed by atoms with Gasteiger partial charge in [-0.15, -0.1) is 11.3 Å². The molecule has 0 unspecified atom stereocenters. The van der Waals surface area contributed by atoms with Crippen LogP contribution in [0.4, 0.5) is 5.69 Å². The van der Waals surface area contributed by atoms with Gasteiger partial charge < -0.3 is 4.90 Å². The molecule has 4 nitrogen and oxygen atoms in total. The first-order chi connectivity index (χ1) is 10.6. The van der Waals surface area contributed by atoms with Gasteiger partial charge in [-0.1, -0.05) is 12.1 Å². The summed E-state index contributed by atoms with van der Waals surface area (Å²) in [4.78, 5) is 16.2. The van der Waals surface area contributed by atoms with Crippen LogP contribution in [0.25, 0.3) is 0 Å². The number of hydrazone groups is 1. The fourth-order valence-corrected chi connectivity index (χ4v) is 3.66. The van der Waals surface area contributed by atoms with Gasteiger partial charge in [-0.2, -0.15) is 5.10 Å². The third-order valence-corrected chi connectivity index (χ3v) is 5.00. The van der Waals surface area contributed by atoms with Crippen molar-refractivity contribution in [1.29, 1.82) is 0 Å². The molecule has 1 aromatic heterocycles. The largest absolute Gasteiger partial charge is 0.378 e. The Morgan fingerprint density at radius 2 is 2.05 bits per heavy atom. The lowest BCUT2D eigenvalue weighted by atomic mass is 10.2. The van der Waals surface area contributed by atoms with Crippen molar-refractivity contribution in [1.82, 2.24) is 5.43 Å². The molecule has 5 heteroatoms. The molecule has 114 valence electrons. The number of amides is 1. The highest BCUT2D eigenvalue weighted by molar-refractivity contribution is 7.14. The van der Waals surface area contributed by atoms with E-state index in [1.165, 1.54) is 16.9 Å². The summed E-state index contributed by atoms with van der Waals surface area (Å²) >= 11 is 1.59. The Kier molecular flexibility index (Phi) is 4.24. The number of carbonyl (C=O) groups is 1. The van der Waals surface area contributed by atoms with Crippen LogP contribution >= 0.6 is 11.3 Å². The predicted octanol–water partition coefficient (Wildman–Crippen LogP) is 3.07. The molecule has 1 amide bonds. The van der Waals surface area contributed by atoms with Gasteiger partial charge >= 0.3 is 0 Å². The molecule has 0 bridgehead atoms. The van der Waals surface area contributed by atoms with Crippen LogP contribution in [-0.2, 0) is 12.8 Å². The van der Waals surface area contributed by atoms with E-state index in [1.54, 1.807) is 17.6 Å². The lowest BCUT2D eigenvalue weighted by molar-refractivity contribution is 0.0959. The molecule has 0 aliphatic heterocycles. The molecule has 1 N–H and O–H groups in total. The Hall–Kier alpha value is -2.14. The Balaban J connectivity index is 1.60. The van der Waals surface area contributed by atoms with Gasteiger partial charge in [-0.3, -0.25) is 4.79 Å². The van der Waals surface area contributed by atoms with Crippen molar-refractivity contribution in [2.45, 2.75) is 19.3 Å². The van der Waals surface area contributed by atoms with Gasteiger partial charge in [0.15, 0.2) is 0 Å². The molecule has 1 heterocycles. The van der Waals surface area contributed by atoms with E-state index in [9.17, 15) is 4.79 Å². The van der Waals surface area contributed by atoms with Crippen molar-refractivity contribution in [2.24, 2.45) is 5.10 Å². The van der Waals surface area contributed by atoms with Crippen LogP contribution in [0.5, 0.6) is 0 Å². The summed E-state index contributed by atoms with van der Waals surface area (Å²) in [7, 11) is 4.00. The zero-order chi connectivity index (χ0) is 15.5. The lowest BCUT2D eigenvalue weighted by Gasteiger charge is -2.11. The van der Waals surface area contributed by atoms with Crippen LogP contribution < -0.4 is 10.3 Å². The van der Waals surface area contributed by atoms with Gasteiger partial charge in [0.2, 0.25) is 0 Å². The summed E-state index contributed by atoms with van der Waals surface area (Å²) < 4.78 is 0. The van der Waals surface area contributed by atoms with E-state index in [0.29, 0.717) is 0 Å². The second-order valence-electron chi connectivity index (χ2n) is 5.60. The fourth-order valence-electron chi connectivity index (χ4n) is 2.52. The zero-order valence-electron chi connectivity index (χ0n) is 12.8. The number of carbonyl (C=O) groups excluding carboxylic acids is 1. The standard InChI is InChI=1S/C17H19N3OS/c1-20(2)14-8-6-12(7-9-14)11-18-19-17(21)16-10-13-4-3-5-15(13)22-16/h6-11H,3-5H2,1-2H3,(H,19,21)/b18-11-. The van der Waals surface area contributed by atoms with Crippen molar-refractivity contribution in [2.75, 3.05) is 19.0 Å². The van der Waals surface area contributed by atoms with E-state index >= 15 is 0 Å². The number of rotatable bonds is 4. The number of thiophene rings is 1. The fraction of sp³-hybridized carbons (Fsp3) is 0.294. The zero-order valence-corrected chi connectivity index (χ0v) is 13.6. The van der Waals surface area contributed by atoms with Crippen LogP contribution in [0.2, 0.25) is 0 Å². The molecule has 1 aliphatic carbocycles. The van der Waals surface area contributed by atoms with E-state index in [0.717, 1.165) is 29.0 Å². The average Bonchev–Trinajstić information content (AvgIpc) is 3.09. The topological polar surface area (TPSA) is 44.7 Å². The second kappa shape index (κ2) is 6.32. The lowest BCUT2D eigenvalue weighted by Crippen LogP contribution is -2.16. The predicted molar refractivity (Wildman–Crippen MR) is 92.2 cm³/mol. The maximum Gasteiger partial charge on any atom is 0.281 e. The van der Waals surface area contributed by atoms with E-state index in [2.05, 4.69) is 10.5 Å². The minimum Gasteiger partial charge on any atom is -0.378 e. The van der Waals surface area contributed by atoms with Crippen molar-refractivity contribution in [3.05, 3.63) is 51.2 Å². The molecular weight excluding hydrogens is 294 g/mol. The monoisotopic (exact) mass is 313 g/mol. The Morgan fingerprint density at radius 3 is 2.73 bits per heavy atom. The van der Waals surface area contributed by atoms with Crippen molar-refractivity contribution in [3.8, 4) is 0 Å². The number of anilines is 1. The number of fused-ring (bicyclic) bond motifs is 1. The molecule has 0 radical (unpaired) electrons. The van der Waals surface area contributed by atoms with Crippen LogP contribution in [0.3, 0.4) is 0 Å². The second-order valence-corrected chi connectivity index (χ2v) is 6.73. The number of hydrogen-bond acceptors (Lipinski definition) is 4. The molecule has 1 aliphatic rings. The summed E-state index contributed by atoms with van der Waals surface area (Å²) in [6.07, 6.45) is 5.08. The van der Waals surface area contributed by atoms with Gasteiger partial charge in [-0.25, -0.2) is 5.43 Å². The number of benzene rings is 1. The molecule has 0 saturated carbocycles. The molecule has 1 aromatic carbocycles. The third-order valence-electron chi connectivity index (χ3n) is 3.76. The summed E-state index contributed by atoms with van der Waals surface area (Å²) in [6.45, 7) is 0. The third kappa shape index (κ3) is 3.20. The first-order valence-corrected chi connectivity index (χ1v) is 8.17. The molecule has 0 spiro atoms. The summed E-state index contributed by atoms with van der Waals surface area (Å²) in [5.74, 6) is -0.124. The van der Waals surface area contributed by atoms with Crippen LogP contribution in [0.1, 0.15) is 32.1 Å². The molecule has 22 heavy (non-hydrogen) atoms. The minimum absolute atomic E-state index is 0.124. The maximum absolute atomic E-state index is 12.1. The normalized spacial score (nSPS) is 13.4. The van der Waals surface area contributed by atoms with E-state index in [4.69, 9.17) is 0 Å². The highest BCUT2D eigenvalue weighted by Gasteiger charge is 2.17. The van der Waals surface area contributed by atoms with E-state index in [1.807, 2.05) is 49.3 Å². The SMILES string of the molecule is CN(C)c1ccc(/C=N\NC(=O)c2cc3c(s2)CCC3)cc1. The van der Waals surface area contributed by atoms with Crippen LogP contribution in [0, 0.1) is 0 Å². The Bertz CT molecular complexity index is 680. The van der Waals surface area contributed by atoms with Gasteiger partial charge in [0, 0.05) is 24.7 Å². The van der Waals surface area contributed by atoms with E-state index in [-0.39, 0.29) is 5.91 Å². The molecule has 3 rings (SSSR count). The quantitative estimate of drug-likeness (QED) is 0.696. The minimum atomic E-state index is -0.124. The van der Waals surface area contributed by atoms with Crippen molar-refractivity contribution in [3.63, 3.8) is 0 Å². The van der Waals surface area contributed by atoms with Crippen LogP contribution in [-0.4, -0.2) is 26.2 Å². The van der Waals surface area contributed by atoms with Gasteiger partial charge in [0.1, 0.15) is 0 Å². The molecule has 2 aromatic rings. The maximum atomic E-state index is 12.1. The van der Waals surface area contributed by atoms with Crippen molar-refractivity contribution < 1.29 is 4.79 Å². The highest BCUT2D eigenvalue weighted by atomic mass is 32.1. The highest BCUT2D eigenvalue weighted by Crippen LogP contribution is 2.30. The summed E-state index contributed by atoms with van der Waals surface area (Å²) in [6, 6.07) is 10.00. The number of nitrogens with one attached hydrogen (secondary N) is 1. The number of nitrogens with zero attached hydrogens (tertiary/aromatic N) is 2. The first-order valence-electron chi connectivity index (χ1n) is 7.36. The van der Waals surface area contributed by atoms with Gasteiger partial charge in [0.05, 0.1) is 11.1 Å². The van der Waals surface area contributed by atoms with Gasteiger partial charge in [-0.05, 0) is 48.6 Å². The van der Waals surface area contributed by atoms with Crippen LogP contribution in [0.15, 0.2) is 35.4 Å². The first kappa shape index (κ1) is 14.8. The van der Waals surface area contributed by atoms with Gasteiger partial charge in [0.25, 0.3) is 5.91 Å². The molecule has 0 atom stereocenters. The molecule has 0 fully saturated rings. The Morgan fingerprint density at radius 1 is 1.27 bits per heavy atom. The molecular formula is C17H19N3OS. The Labute approximate surface area is 134 Å². The van der Waals surface area contributed by atoms with E-state index < -0.39 is 0 Å². The summed E-state index contributed by atoms with van der Waals surface area (Å²) in [5.41, 5.74) is 6.03. The number of hydrogen-bond donors (Lipinski definition) is 1. The van der Waals surface area contributed by atoms with Crippen molar-refractivity contribution >= 4 is 29.1 Å². The number of aryl methyl sites for hydroxylation is 2. The summed E-state index contributed by atoms with van der Waals surface area (Å²) in [5, 5.41) is 4.04. The molecule has 0 saturated heterocycles.